The monoisotopic (exact) mass is 323 g/mol. The summed E-state index contributed by atoms with van der Waals surface area (Å²) in [6.45, 7) is 8.13. The molecule has 24 heavy (non-hydrogen) atoms. The molecule has 1 fully saturated rings. The average molecular weight is 323 g/mol. The fourth-order valence-electron chi connectivity index (χ4n) is 3.24. The molecule has 1 saturated heterocycles. The van der Waals surface area contributed by atoms with E-state index >= 15 is 0 Å². The van der Waals surface area contributed by atoms with Crippen LogP contribution in [0.1, 0.15) is 44.7 Å². The van der Waals surface area contributed by atoms with Gasteiger partial charge >= 0.3 is 0 Å². The minimum atomic E-state index is -0.656. The van der Waals surface area contributed by atoms with Crippen molar-refractivity contribution in [2.75, 3.05) is 13.1 Å². The van der Waals surface area contributed by atoms with Crippen molar-refractivity contribution in [2.45, 2.75) is 40.0 Å². The highest BCUT2D eigenvalue weighted by atomic mass is 16.2. The van der Waals surface area contributed by atoms with Crippen molar-refractivity contribution < 1.29 is 4.79 Å². The Hall–Kier alpha value is -2.33. The second kappa shape index (κ2) is 7.49. The molecule has 1 aromatic carbocycles. The van der Waals surface area contributed by atoms with Crippen molar-refractivity contribution in [2.24, 2.45) is 17.3 Å². The molecular formula is C20H25N3O. The van der Waals surface area contributed by atoms with Gasteiger partial charge < -0.3 is 4.90 Å². The zero-order valence-corrected chi connectivity index (χ0v) is 14.7. The van der Waals surface area contributed by atoms with Crippen molar-refractivity contribution in [3.63, 3.8) is 0 Å². The van der Waals surface area contributed by atoms with Gasteiger partial charge in [0.25, 0.3) is 0 Å². The summed E-state index contributed by atoms with van der Waals surface area (Å²) in [6, 6.07) is 11.3. The van der Waals surface area contributed by atoms with Gasteiger partial charge in [0.05, 0.1) is 17.7 Å². The number of amides is 1. The highest BCUT2D eigenvalue weighted by molar-refractivity contribution is 5.81. The number of hydrogen-bond donors (Lipinski definition) is 0. The van der Waals surface area contributed by atoms with Gasteiger partial charge in [-0.25, -0.2) is 0 Å². The number of nitriles is 2. The lowest BCUT2D eigenvalue weighted by atomic mass is 9.76. The summed E-state index contributed by atoms with van der Waals surface area (Å²) in [7, 11) is 0. The van der Waals surface area contributed by atoms with Crippen molar-refractivity contribution in [3.05, 3.63) is 35.4 Å². The first-order chi connectivity index (χ1) is 11.3. The Morgan fingerprint density at radius 1 is 1.29 bits per heavy atom. The number of likely N-dealkylation sites (tertiary alicyclic amines) is 1. The molecule has 1 amide bonds. The molecule has 2 rings (SSSR count). The lowest BCUT2D eigenvalue weighted by Gasteiger charge is -2.40. The Morgan fingerprint density at radius 3 is 2.50 bits per heavy atom. The normalized spacial score (nSPS) is 19.2. The summed E-state index contributed by atoms with van der Waals surface area (Å²) in [5.74, 6) is -0.239. The first kappa shape index (κ1) is 18.0. The largest absolute Gasteiger partial charge is 0.341 e. The van der Waals surface area contributed by atoms with E-state index < -0.39 is 5.92 Å². The summed E-state index contributed by atoms with van der Waals surface area (Å²) in [5, 5.41) is 18.3. The van der Waals surface area contributed by atoms with Gasteiger partial charge in [-0.05, 0) is 48.3 Å². The van der Waals surface area contributed by atoms with Gasteiger partial charge in [-0.15, -0.1) is 0 Å². The standard InChI is InChI=1S/C20H25N3O/c1-20(2,3)18-5-4-10-23(14-18)19(24)17(13-22)11-15-6-8-16(12-21)9-7-15/h6-9,17-18H,4-5,10-11,14H2,1-3H3. The predicted molar refractivity (Wildman–Crippen MR) is 92.7 cm³/mol. The molecule has 126 valence electrons. The summed E-state index contributed by atoms with van der Waals surface area (Å²) in [6.07, 6.45) is 2.54. The minimum Gasteiger partial charge on any atom is -0.341 e. The zero-order chi connectivity index (χ0) is 17.7. The van der Waals surface area contributed by atoms with Gasteiger partial charge in [0.1, 0.15) is 5.92 Å². The summed E-state index contributed by atoms with van der Waals surface area (Å²) >= 11 is 0. The van der Waals surface area contributed by atoms with Crippen molar-refractivity contribution in [3.8, 4) is 12.1 Å². The SMILES string of the molecule is CC(C)(C)C1CCCN(C(=O)C(C#N)Cc2ccc(C#N)cc2)C1. The molecule has 4 heteroatoms. The third kappa shape index (κ3) is 4.36. The van der Waals surface area contributed by atoms with E-state index in [-0.39, 0.29) is 11.3 Å². The van der Waals surface area contributed by atoms with Crippen LogP contribution in [0.3, 0.4) is 0 Å². The number of benzene rings is 1. The fraction of sp³-hybridized carbons (Fsp3) is 0.550. The molecule has 0 radical (unpaired) electrons. The zero-order valence-electron chi connectivity index (χ0n) is 14.7. The fourth-order valence-corrected chi connectivity index (χ4v) is 3.24. The van der Waals surface area contributed by atoms with E-state index in [1.807, 2.05) is 17.0 Å². The molecule has 0 aromatic heterocycles. The Balaban J connectivity index is 2.05. The van der Waals surface area contributed by atoms with E-state index in [4.69, 9.17) is 5.26 Å². The number of rotatable bonds is 3. The van der Waals surface area contributed by atoms with Crippen LogP contribution in [-0.4, -0.2) is 23.9 Å². The number of nitrogens with zero attached hydrogens (tertiary/aromatic N) is 3. The van der Waals surface area contributed by atoms with Crippen molar-refractivity contribution in [1.29, 1.82) is 10.5 Å². The average Bonchev–Trinajstić information content (AvgIpc) is 2.59. The van der Waals surface area contributed by atoms with E-state index in [0.29, 0.717) is 17.9 Å². The van der Waals surface area contributed by atoms with Gasteiger partial charge in [0.15, 0.2) is 0 Å². The van der Waals surface area contributed by atoms with Gasteiger partial charge in [0.2, 0.25) is 5.91 Å². The summed E-state index contributed by atoms with van der Waals surface area (Å²) < 4.78 is 0. The molecule has 1 heterocycles. The van der Waals surface area contributed by atoms with Crippen LogP contribution in [0.25, 0.3) is 0 Å². The maximum atomic E-state index is 12.8. The van der Waals surface area contributed by atoms with E-state index in [1.54, 1.807) is 12.1 Å². The van der Waals surface area contributed by atoms with Crippen LogP contribution in [0.15, 0.2) is 24.3 Å². The van der Waals surface area contributed by atoms with Crippen LogP contribution < -0.4 is 0 Å². The Bertz CT molecular complexity index is 658. The van der Waals surface area contributed by atoms with Crippen LogP contribution in [0, 0.1) is 39.9 Å². The van der Waals surface area contributed by atoms with E-state index in [9.17, 15) is 10.1 Å². The maximum Gasteiger partial charge on any atom is 0.240 e. The molecule has 1 aromatic rings. The van der Waals surface area contributed by atoms with Crippen molar-refractivity contribution >= 4 is 5.91 Å². The first-order valence-corrected chi connectivity index (χ1v) is 8.52. The van der Waals surface area contributed by atoms with E-state index in [0.717, 1.165) is 31.5 Å². The summed E-state index contributed by atoms with van der Waals surface area (Å²) in [4.78, 5) is 14.7. The lowest BCUT2D eigenvalue weighted by molar-refractivity contribution is -0.136. The smallest absolute Gasteiger partial charge is 0.240 e. The van der Waals surface area contributed by atoms with E-state index in [1.165, 1.54) is 0 Å². The van der Waals surface area contributed by atoms with E-state index in [2.05, 4.69) is 32.9 Å². The van der Waals surface area contributed by atoms with Crippen LogP contribution in [-0.2, 0) is 11.2 Å². The molecule has 0 spiro atoms. The maximum absolute atomic E-state index is 12.8. The lowest BCUT2D eigenvalue weighted by Crippen LogP contribution is -2.46. The second-order valence-electron chi connectivity index (χ2n) is 7.68. The molecule has 2 unspecified atom stereocenters. The number of carbonyl (C=O) groups is 1. The molecule has 2 atom stereocenters. The molecule has 1 aliphatic heterocycles. The highest BCUT2D eigenvalue weighted by Crippen LogP contribution is 2.33. The quantitative estimate of drug-likeness (QED) is 0.854. The van der Waals surface area contributed by atoms with Crippen molar-refractivity contribution in [1.82, 2.24) is 4.90 Å². The minimum absolute atomic E-state index is 0.0594. The van der Waals surface area contributed by atoms with Gasteiger partial charge in [-0.1, -0.05) is 32.9 Å². The molecule has 0 N–H and O–H groups in total. The third-order valence-corrected chi connectivity index (χ3v) is 4.93. The molecular weight excluding hydrogens is 298 g/mol. The predicted octanol–water partition coefficient (Wildman–Crippen LogP) is 3.53. The Labute approximate surface area is 144 Å². The van der Waals surface area contributed by atoms with Crippen LogP contribution in [0.4, 0.5) is 0 Å². The number of piperidine rings is 1. The van der Waals surface area contributed by atoms with Crippen LogP contribution >= 0.6 is 0 Å². The summed E-state index contributed by atoms with van der Waals surface area (Å²) in [5.41, 5.74) is 1.68. The molecule has 0 saturated carbocycles. The first-order valence-electron chi connectivity index (χ1n) is 8.52. The highest BCUT2D eigenvalue weighted by Gasteiger charge is 2.33. The molecule has 0 aliphatic carbocycles. The van der Waals surface area contributed by atoms with Crippen LogP contribution in [0.5, 0.6) is 0 Å². The van der Waals surface area contributed by atoms with Gasteiger partial charge in [-0.2, -0.15) is 10.5 Å². The number of hydrogen-bond acceptors (Lipinski definition) is 3. The molecule has 0 bridgehead atoms. The topological polar surface area (TPSA) is 67.9 Å². The molecule has 1 aliphatic rings. The molecule has 4 nitrogen and oxygen atoms in total. The van der Waals surface area contributed by atoms with Gasteiger partial charge in [-0.3, -0.25) is 4.79 Å². The third-order valence-electron chi connectivity index (χ3n) is 4.93. The van der Waals surface area contributed by atoms with Gasteiger partial charge in [0, 0.05) is 13.1 Å². The second-order valence-corrected chi connectivity index (χ2v) is 7.68. The Kier molecular flexibility index (Phi) is 5.62. The Morgan fingerprint density at radius 2 is 1.96 bits per heavy atom. The number of carbonyl (C=O) groups excluding carboxylic acids is 1. The van der Waals surface area contributed by atoms with Crippen LogP contribution in [0.2, 0.25) is 0 Å².